The molecule has 0 atom stereocenters. The van der Waals surface area contributed by atoms with Crippen LogP contribution in [0.4, 0.5) is 0 Å². The van der Waals surface area contributed by atoms with Crippen molar-refractivity contribution in [3.63, 3.8) is 0 Å². The normalized spacial score (nSPS) is 10.9. The van der Waals surface area contributed by atoms with Crippen LogP contribution in [0.5, 0.6) is 0 Å². The quantitative estimate of drug-likeness (QED) is 0.440. The lowest BCUT2D eigenvalue weighted by atomic mass is 10.3. The summed E-state index contributed by atoms with van der Waals surface area (Å²) in [7, 11) is -1.49. The van der Waals surface area contributed by atoms with Gasteiger partial charge in [0.05, 0.1) is 32.9 Å². The molecule has 0 aliphatic heterocycles. The smallest absolute Gasteiger partial charge is 0.261 e. The molecule has 0 saturated heterocycles. The summed E-state index contributed by atoms with van der Waals surface area (Å²) >= 11 is 0. The molecular formula is C11H22NO3S+. The van der Waals surface area contributed by atoms with Crippen molar-refractivity contribution < 1.29 is 17.5 Å². The molecule has 0 aromatic heterocycles. The predicted octanol–water partition coefficient (Wildman–Crippen LogP) is 1.50. The van der Waals surface area contributed by atoms with Gasteiger partial charge in [0.25, 0.3) is 10.1 Å². The van der Waals surface area contributed by atoms with E-state index in [0.29, 0.717) is 6.26 Å². The summed E-state index contributed by atoms with van der Waals surface area (Å²) in [5, 5.41) is 0. The summed E-state index contributed by atoms with van der Waals surface area (Å²) in [6, 6.07) is 0. The van der Waals surface area contributed by atoms with Crippen LogP contribution in [-0.2, 0) is 10.1 Å². The second kappa shape index (κ2) is 8.27. The van der Waals surface area contributed by atoms with E-state index in [9.17, 15) is 8.42 Å². The number of hydrogen-bond acceptors (Lipinski definition) is 2. The second-order valence-corrected chi connectivity index (χ2v) is 5.23. The van der Waals surface area contributed by atoms with Gasteiger partial charge < -0.3 is 4.48 Å². The molecule has 0 spiro atoms. The number of nitrogens with zero attached hydrogens (tertiary/aromatic N) is 1. The predicted molar refractivity (Wildman–Crippen MR) is 68.8 cm³/mol. The Hall–Kier alpha value is -0.910. The summed E-state index contributed by atoms with van der Waals surface area (Å²) < 4.78 is 26.8. The van der Waals surface area contributed by atoms with Gasteiger partial charge in [-0.05, 0) is 18.2 Å². The molecule has 0 aromatic rings. The van der Waals surface area contributed by atoms with Gasteiger partial charge in [-0.3, -0.25) is 4.55 Å². The number of quaternary nitrogens is 1. The Kier molecular flexibility index (Phi) is 9.03. The molecule has 4 nitrogen and oxygen atoms in total. The van der Waals surface area contributed by atoms with Crippen molar-refractivity contribution in [3.8, 4) is 0 Å². The Morgan fingerprint density at radius 2 is 1.25 bits per heavy atom. The molecule has 1 N–H and O–H groups in total. The summed E-state index contributed by atoms with van der Waals surface area (Å²) in [6.07, 6.45) is 6.53. The van der Waals surface area contributed by atoms with E-state index in [2.05, 4.69) is 26.8 Å². The van der Waals surface area contributed by atoms with Crippen LogP contribution in [0.1, 0.15) is 0 Å². The molecule has 0 aliphatic rings. The van der Waals surface area contributed by atoms with Gasteiger partial charge >= 0.3 is 0 Å². The van der Waals surface area contributed by atoms with Gasteiger partial charge in [-0.1, -0.05) is 19.7 Å². The Balaban J connectivity index is 0. The van der Waals surface area contributed by atoms with Crippen molar-refractivity contribution in [2.45, 2.75) is 0 Å². The fraction of sp³-hybridized carbons (Fsp3) is 0.455. The van der Waals surface area contributed by atoms with Gasteiger partial charge in [0, 0.05) is 0 Å². The Labute approximate surface area is 98.9 Å². The molecule has 0 heterocycles. The second-order valence-electron chi connectivity index (χ2n) is 3.77. The zero-order chi connectivity index (χ0) is 13.2. The highest BCUT2D eigenvalue weighted by Gasteiger charge is 2.14. The first-order valence-corrected chi connectivity index (χ1v) is 6.62. The fourth-order valence-electron chi connectivity index (χ4n) is 1.16. The van der Waals surface area contributed by atoms with E-state index in [1.165, 1.54) is 0 Å². The molecule has 94 valence electrons. The zero-order valence-electron chi connectivity index (χ0n) is 10.1. The molecule has 0 fully saturated rings. The van der Waals surface area contributed by atoms with Gasteiger partial charge in [0.15, 0.2) is 0 Å². The molecule has 0 rings (SSSR count). The van der Waals surface area contributed by atoms with Gasteiger partial charge in [-0.25, -0.2) is 0 Å². The van der Waals surface area contributed by atoms with Crippen LogP contribution < -0.4 is 0 Å². The molecule has 0 bridgehead atoms. The van der Waals surface area contributed by atoms with Crippen molar-refractivity contribution in [2.24, 2.45) is 0 Å². The third-order valence-corrected chi connectivity index (χ3v) is 1.71. The third kappa shape index (κ3) is 15.6. The molecular weight excluding hydrogens is 226 g/mol. The van der Waals surface area contributed by atoms with Crippen LogP contribution in [0.25, 0.3) is 0 Å². The molecule has 0 aromatic carbocycles. The van der Waals surface area contributed by atoms with Crippen molar-refractivity contribution in [2.75, 3.05) is 32.9 Å². The van der Waals surface area contributed by atoms with Crippen LogP contribution in [0, 0.1) is 0 Å². The fourth-order valence-corrected chi connectivity index (χ4v) is 1.16. The monoisotopic (exact) mass is 248 g/mol. The third-order valence-electron chi connectivity index (χ3n) is 1.71. The topological polar surface area (TPSA) is 54.4 Å². The largest absolute Gasteiger partial charge is 0.316 e. The zero-order valence-corrected chi connectivity index (χ0v) is 10.9. The molecule has 0 saturated carbocycles. The maximum absolute atomic E-state index is 9.19. The van der Waals surface area contributed by atoms with E-state index in [1.54, 1.807) is 0 Å². The first-order valence-electron chi connectivity index (χ1n) is 4.77. The highest BCUT2D eigenvalue weighted by Crippen LogP contribution is 2.01. The van der Waals surface area contributed by atoms with E-state index in [4.69, 9.17) is 4.55 Å². The lowest BCUT2D eigenvalue weighted by molar-refractivity contribution is -0.892. The Morgan fingerprint density at radius 3 is 1.38 bits per heavy atom. The van der Waals surface area contributed by atoms with E-state index >= 15 is 0 Å². The Bertz CT molecular complexity index is 286. The van der Waals surface area contributed by atoms with Crippen molar-refractivity contribution in [3.05, 3.63) is 38.0 Å². The molecule has 16 heavy (non-hydrogen) atoms. The van der Waals surface area contributed by atoms with E-state index in [1.807, 2.05) is 18.2 Å². The van der Waals surface area contributed by atoms with Gasteiger partial charge in [-0.2, -0.15) is 8.42 Å². The van der Waals surface area contributed by atoms with Crippen molar-refractivity contribution in [1.29, 1.82) is 0 Å². The number of rotatable bonds is 6. The van der Waals surface area contributed by atoms with Crippen LogP contribution in [0.2, 0.25) is 0 Å². The van der Waals surface area contributed by atoms with Gasteiger partial charge in [-0.15, -0.1) is 0 Å². The molecule has 5 heteroatoms. The number of hydrogen-bond donors (Lipinski definition) is 1. The average molecular weight is 248 g/mol. The first-order chi connectivity index (χ1) is 7.18. The summed E-state index contributed by atoms with van der Waals surface area (Å²) in [5.74, 6) is 0. The van der Waals surface area contributed by atoms with Crippen LogP contribution in [0.3, 0.4) is 0 Å². The highest BCUT2D eigenvalue weighted by molar-refractivity contribution is 7.85. The van der Waals surface area contributed by atoms with E-state index in [-0.39, 0.29) is 0 Å². The minimum absolute atomic E-state index is 0.715. The standard InChI is InChI=1S/C10H18N.CH4O3S/c1-5-8-11(4,9-6-2)10-7-3;1-5(2,3)4/h5-7H,1-3,8-10H2,4H3;1H3,(H,2,3,4)/q+1;. The summed E-state index contributed by atoms with van der Waals surface area (Å²) in [4.78, 5) is 0. The maximum Gasteiger partial charge on any atom is 0.261 e. The van der Waals surface area contributed by atoms with E-state index < -0.39 is 10.1 Å². The molecule has 0 amide bonds. The van der Waals surface area contributed by atoms with Crippen LogP contribution in [-0.4, -0.2) is 50.4 Å². The van der Waals surface area contributed by atoms with Gasteiger partial charge in [0.1, 0.15) is 0 Å². The molecule has 0 aliphatic carbocycles. The summed E-state index contributed by atoms with van der Waals surface area (Å²) in [5.41, 5.74) is 0. The maximum atomic E-state index is 9.19. The lowest BCUT2D eigenvalue weighted by Crippen LogP contribution is -2.44. The number of likely N-dealkylation sites (N-methyl/N-ethyl adjacent to an activating group) is 1. The lowest BCUT2D eigenvalue weighted by Gasteiger charge is -2.30. The van der Waals surface area contributed by atoms with Gasteiger partial charge in [0.2, 0.25) is 0 Å². The van der Waals surface area contributed by atoms with Crippen molar-refractivity contribution in [1.82, 2.24) is 0 Å². The SMILES string of the molecule is C=CC[N+](C)(CC=C)CC=C.CS(=O)(=O)O. The molecule has 0 radical (unpaired) electrons. The first kappa shape index (κ1) is 17.5. The van der Waals surface area contributed by atoms with Crippen molar-refractivity contribution >= 4 is 10.1 Å². The minimum Gasteiger partial charge on any atom is -0.316 e. The van der Waals surface area contributed by atoms with Crippen LogP contribution in [0.15, 0.2) is 38.0 Å². The Morgan fingerprint density at radius 1 is 1.06 bits per heavy atom. The van der Waals surface area contributed by atoms with E-state index in [0.717, 1.165) is 24.1 Å². The minimum atomic E-state index is -3.67. The van der Waals surface area contributed by atoms with Crippen LogP contribution >= 0.6 is 0 Å². The summed E-state index contributed by atoms with van der Waals surface area (Å²) in [6.45, 7) is 14.1. The highest BCUT2D eigenvalue weighted by atomic mass is 32.2. The molecule has 0 unspecified atom stereocenters. The average Bonchev–Trinajstić information content (AvgIpc) is 2.01.